The van der Waals surface area contributed by atoms with E-state index in [2.05, 4.69) is 42.3 Å². The molecule has 0 spiro atoms. The van der Waals surface area contributed by atoms with Crippen molar-refractivity contribution in [3.63, 3.8) is 0 Å². The van der Waals surface area contributed by atoms with Gasteiger partial charge in [0, 0.05) is 18.8 Å². The van der Waals surface area contributed by atoms with Gasteiger partial charge in [0.25, 0.3) is 0 Å². The molecule has 1 aromatic carbocycles. The largest absolute Gasteiger partial charge is 0.362 e. The number of para-hydroxylation sites is 1. The Morgan fingerprint density at radius 2 is 1.93 bits per heavy atom. The topological polar surface area (TPSA) is 15.3 Å². The predicted octanol–water partition coefficient (Wildman–Crippen LogP) is 2.39. The van der Waals surface area contributed by atoms with Gasteiger partial charge in [-0.3, -0.25) is 0 Å². The second-order valence-electron chi connectivity index (χ2n) is 3.98. The molecule has 0 atom stereocenters. The Morgan fingerprint density at radius 1 is 1.27 bits per heavy atom. The molecule has 0 amide bonds. The van der Waals surface area contributed by atoms with E-state index in [9.17, 15) is 0 Å². The van der Waals surface area contributed by atoms with E-state index in [0.717, 1.165) is 24.6 Å². The maximum atomic E-state index is 5.34. The average Bonchev–Trinajstić information content (AvgIpc) is 2.20. The molecule has 2 nitrogen and oxygen atoms in total. The van der Waals surface area contributed by atoms with Gasteiger partial charge >= 0.3 is 0 Å². The maximum absolute atomic E-state index is 5.34. The number of hydrogen-bond acceptors (Lipinski definition) is 1. The number of nitrogens with zero attached hydrogens (tertiary/aromatic N) is 1. The number of benzene rings is 1. The molecule has 3 heteroatoms. The van der Waals surface area contributed by atoms with Crippen molar-refractivity contribution in [2.24, 2.45) is 0 Å². The minimum atomic E-state index is 0.860. The highest BCUT2D eigenvalue weighted by Crippen LogP contribution is 2.25. The molecule has 0 aliphatic carbocycles. The summed E-state index contributed by atoms with van der Waals surface area (Å²) >= 11 is 5.34. The number of anilines is 1. The van der Waals surface area contributed by atoms with Crippen LogP contribution in [0, 0.1) is 13.8 Å². The molecule has 1 heterocycles. The molecule has 0 bridgehead atoms. The highest BCUT2D eigenvalue weighted by atomic mass is 32.1. The lowest BCUT2D eigenvalue weighted by Crippen LogP contribution is -2.46. The summed E-state index contributed by atoms with van der Waals surface area (Å²) in [6, 6.07) is 6.37. The van der Waals surface area contributed by atoms with Crippen LogP contribution in [0.15, 0.2) is 18.2 Å². The molecule has 1 aliphatic heterocycles. The number of nitrogens with one attached hydrogen (secondary N) is 1. The first kappa shape index (κ1) is 10.4. The van der Waals surface area contributed by atoms with E-state index in [1.807, 2.05) is 0 Å². The van der Waals surface area contributed by atoms with Gasteiger partial charge in [-0.25, -0.2) is 0 Å². The van der Waals surface area contributed by atoms with E-state index in [4.69, 9.17) is 12.2 Å². The fraction of sp³-hybridized carbons (Fsp3) is 0.417. The molecular formula is C12H16N2S. The zero-order chi connectivity index (χ0) is 10.8. The minimum absolute atomic E-state index is 0.860. The average molecular weight is 220 g/mol. The summed E-state index contributed by atoms with van der Waals surface area (Å²) in [4.78, 5) is 2.21. The molecule has 1 N–H and O–H groups in total. The standard InChI is InChI=1S/C12H16N2S/c1-9-5-3-6-10(2)11(9)14-8-4-7-13-12(14)15/h3,5-6H,4,7-8H2,1-2H3,(H,13,15). The Balaban J connectivity index is 2.39. The van der Waals surface area contributed by atoms with Gasteiger partial charge in [-0.15, -0.1) is 0 Å². The first-order chi connectivity index (χ1) is 7.20. The molecule has 0 saturated carbocycles. The van der Waals surface area contributed by atoms with E-state index in [0.29, 0.717) is 0 Å². The number of thiocarbonyl (C=S) groups is 1. The van der Waals surface area contributed by atoms with Crippen LogP contribution in [0.4, 0.5) is 5.69 Å². The van der Waals surface area contributed by atoms with E-state index < -0.39 is 0 Å². The zero-order valence-electron chi connectivity index (χ0n) is 9.21. The summed E-state index contributed by atoms with van der Waals surface area (Å²) in [7, 11) is 0. The first-order valence-electron chi connectivity index (χ1n) is 5.32. The summed E-state index contributed by atoms with van der Waals surface area (Å²) in [5, 5.41) is 4.10. The highest BCUT2D eigenvalue weighted by molar-refractivity contribution is 7.80. The number of hydrogen-bond donors (Lipinski definition) is 1. The van der Waals surface area contributed by atoms with E-state index >= 15 is 0 Å². The first-order valence-corrected chi connectivity index (χ1v) is 5.72. The van der Waals surface area contributed by atoms with Crippen molar-refractivity contribution < 1.29 is 0 Å². The lowest BCUT2D eigenvalue weighted by molar-refractivity contribution is 0.721. The lowest BCUT2D eigenvalue weighted by atomic mass is 10.1. The second kappa shape index (κ2) is 4.19. The molecule has 1 aliphatic rings. The van der Waals surface area contributed by atoms with Crippen molar-refractivity contribution in [1.29, 1.82) is 0 Å². The van der Waals surface area contributed by atoms with Crippen LogP contribution in [0.1, 0.15) is 17.5 Å². The lowest BCUT2D eigenvalue weighted by Gasteiger charge is -2.32. The fourth-order valence-corrected chi connectivity index (χ4v) is 2.36. The van der Waals surface area contributed by atoms with Gasteiger partial charge in [-0.05, 0) is 43.6 Å². The summed E-state index contributed by atoms with van der Waals surface area (Å²) in [6.07, 6.45) is 1.15. The van der Waals surface area contributed by atoms with Gasteiger partial charge in [-0.2, -0.15) is 0 Å². The van der Waals surface area contributed by atoms with Gasteiger partial charge in [0.15, 0.2) is 5.11 Å². The summed E-state index contributed by atoms with van der Waals surface area (Å²) in [6.45, 7) is 6.30. The van der Waals surface area contributed by atoms with Crippen molar-refractivity contribution in [2.75, 3.05) is 18.0 Å². The Kier molecular flexibility index (Phi) is 2.91. The molecule has 0 radical (unpaired) electrons. The van der Waals surface area contributed by atoms with Crippen LogP contribution in [-0.2, 0) is 0 Å². The van der Waals surface area contributed by atoms with Crippen LogP contribution in [-0.4, -0.2) is 18.2 Å². The van der Waals surface area contributed by atoms with Crippen molar-refractivity contribution in [3.05, 3.63) is 29.3 Å². The third-order valence-corrected chi connectivity index (χ3v) is 3.15. The third-order valence-electron chi connectivity index (χ3n) is 2.79. The van der Waals surface area contributed by atoms with E-state index in [-0.39, 0.29) is 0 Å². The van der Waals surface area contributed by atoms with Gasteiger partial charge in [0.1, 0.15) is 0 Å². The van der Waals surface area contributed by atoms with Gasteiger partial charge in [-0.1, -0.05) is 18.2 Å². The highest BCUT2D eigenvalue weighted by Gasteiger charge is 2.18. The Bertz CT molecular complexity index is 367. The normalized spacial score (nSPS) is 16.4. The SMILES string of the molecule is Cc1cccc(C)c1N1CCCNC1=S. The van der Waals surface area contributed by atoms with Crippen LogP contribution >= 0.6 is 12.2 Å². The quantitative estimate of drug-likeness (QED) is 0.732. The third kappa shape index (κ3) is 1.97. The van der Waals surface area contributed by atoms with Crippen molar-refractivity contribution in [2.45, 2.75) is 20.3 Å². The molecule has 0 aromatic heterocycles. The Labute approximate surface area is 96.3 Å². The number of rotatable bonds is 1. The second-order valence-corrected chi connectivity index (χ2v) is 4.36. The fourth-order valence-electron chi connectivity index (χ4n) is 2.07. The van der Waals surface area contributed by atoms with Crippen molar-refractivity contribution in [1.82, 2.24) is 5.32 Å². The van der Waals surface area contributed by atoms with Crippen LogP contribution in [0.3, 0.4) is 0 Å². The van der Waals surface area contributed by atoms with Crippen molar-refractivity contribution in [3.8, 4) is 0 Å². The molecule has 1 aromatic rings. The predicted molar refractivity (Wildman–Crippen MR) is 68.5 cm³/mol. The van der Waals surface area contributed by atoms with Crippen LogP contribution in [0.25, 0.3) is 0 Å². The van der Waals surface area contributed by atoms with Crippen LogP contribution in [0.5, 0.6) is 0 Å². The molecule has 1 fully saturated rings. The zero-order valence-corrected chi connectivity index (χ0v) is 10.0. The maximum Gasteiger partial charge on any atom is 0.173 e. The Hall–Kier alpha value is -1.09. The summed E-state index contributed by atoms with van der Waals surface area (Å²) < 4.78 is 0. The van der Waals surface area contributed by atoms with Gasteiger partial charge in [0.05, 0.1) is 0 Å². The molecule has 80 valence electrons. The molecule has 2 rings (SSSR count). The van der Waals surface area contributed by atoms with E-state index in [1.54, 1.807) is 0 Å². The van der Waals surface area contributed by atoms with E-state index in [1.165, 1.54) is 16.8 Å². The smallest absolute Gasteiger partial charge is 0.173 e. The molecule has 0 unspecified atom stereocenters. The van der Waals surface area contributed by atoms with Crippen molar-refractivity contribution >= 4 is 23.0 Å². The monoisotopic (exact) mass is 220 g/mol. The summed E-state index contributed by atoms with van der Waals surface area (Å²) in [5.41, 5.74) is 3.86. The van der Waals surface area contributed by atoms with Gasteiger partial charge < -0.3 is 10.2 Å². The van der Waals surface area contributed by atoms with Crippen LogP contribution < -0.4 is 10.2 Å². The Morgan fingerprint density at radius 3 is 2.53 bits per heavy atom. The minimum Gasteiger partial charge on any atom is -0.362 e. The van der Waals surface area contributed by atoms with Gasteiger partial charge in [0.2, 0.25) is 0 Å². The molecule has 1 saturated heterocycles. The molecular weight excluding hydrogens is 204 g/mol. The molecule has 15 heavy (non-hydrogen) atoms. The van der Waals surface area contributed by atoms with Crippen LogP contribution in [0.2, 0.25) is 0 Å². The number of aryl methyl sites for hydroxylation is 2. The summed E-state index contributed by atoms with van der Waals surface area (Å²) in [5.74, 6) is 0.